The van der Waals surface area contributed by atoms with Gasteiger partial charge in [-0.3, -0.25) is 4.79 Å². The Hall–Kier alpha value is -1.67. The molecule has 0 spiro atoms. The van der Waals surface area contributed by atoms with E-state index in [0.717, 1.165) is 28.7 Å². The number of hydrogen-bond acceptors (Lipinski definition) is 2. The normalized spacial score (nSPS) is 29.5. The average molecular weight is 322 g/mol. The van der Waals surface area contributed by atoms with Crippen molar-refractivity contribution in [3.05, 3.63) is 48.0 Å². The first-order valence-corrected chi connectivity index (χ1v) is 9.31. The standard InChI is InChI=1S/C22H26O2/c1-22(13-12-16-6-4-9-18(22)14-16)24-15-21(23)20-11-5-8-17-7-2-3-10-19(17)20/h2-3,5,7-8,10-11,16,18H,4,6,9,12-15H2,1H3/t16-,18-,22+/m1/s1. The molecule has 2 aromatic carbocycles. The van der Waals surface area contributed by atoms with Gasteiger partial charge in [-0.2, -0.15) is 0 Å². The number of hydrogen-bond donors (Lipinski definition) is 0. The van der Waals surface area contributed by atoms with Crippen molar-refractivity contribution >= 4 is 16.6 Å². The number of carbonyl (C=O) groups excluding carboxylic acids is 1. The van der Waals surface area contributed by atoms with Crippen LogP contribution in [-0.2, 0) is 4.74 Å². The lowest BCUT2D eigenvalue weighted by molar-refractivity contribution is -0.108. The third-order valence-corrected chi connectivity index (χ3v) is 6.32. The van der Waals surface area contributed by atoms with Gasteiger partial charge in [0.25, 0.3) is 0 Å². The lowest BCUT2D eigenvalue weighted by Gasteiger charge is -2.47. The van der Waals surface area contributed by atoms with E-state index in [9.17, 15) is 4.79 Å². The number of fused-ring (bicyclic) bond motifs is 3. The zero-order chi connectivity index (χ0) is 16.6. The van der Waals surface area contributed by atoms with Gasteiger partial charge in [0.1, 0.15) is 6.61 Å². The largest absolute Gasteiger partial charge is 0.367 e. The smallest absolute Gasteiger partial charge is 0.189 e. The molecule has 0 amide bonds. The van der Waals surface area contributed by atoms with Crippen LogP contribution in [0.2, 0.25) is 0 Å². The molecule has 4 rings (SSSR count). The topological polar surface area (TPSA) is 26.3 Å². The summed E-state index contributed by atoms with van der Waals surface area (Å²) in [6, 6.07) is 14.0. The number of carbonyl (C=O) groups is 1. The van der Waals surface area contributed by atoms with Gasteiger partial charge in [-0.25, -0.2) is 0 Å². The Morgan fingerprint density at radius 1 is 1.12 bits per heavy atom. The monoisotopic (exact) mass is 322 g/mol. The molecular formula is C22H26O2. The first-order valence-electron chi connectivity index (χ1n) is 9.31. The number of ether oxygens (including phenoxy) is 1. The van der Waals surface area contributed by atoms with Gasteiger partial charge >= 0.3 is 0 Å². The molecule has 0 unspecified atom stereocenters. The fraction of sp³-hybridized carbons (Fsp3) is 0.500. The van der Waals surface area contributed by atoms with E-state index in [1.54, 1.807) is 0 Å². The molecule has 2 aromatic rings. The first kappa shape index (κ1) is 15.8. The summed E-state index contributed by atoms with van der Waals surface area (Å²) >= 11 is 0. The molecule has 2 bridgehead atoms. The van der Waals surface area contributed by atoms with Crippen LogP contribution in [0.25, 0.3) is 10.8 Å². The number of ketones is 1. The Morgan fingerprint density at radius 3 is 2.88 bits per heavy atom. The van der Waals surface area contributed by atoms with Gasteiger partial charge < -0.3 is 4.74 Å². The molecule has 0 aromatic heterocycles. The van der Waals surface area contributed by atoms with Gasteiger partial charge in [-0.05, 0) is 55.2 Å². The highest BCUT2D eigenvalue weighted by molar-refractivity contribution is 6.08. The van der Waals surface area contributed by atoms with Crippen LogP contribution in [0.1, 0.15) is 55.8 Å². The minimum Gasteiger partial charge on any atom is -0.367 e. The predicted octanol–water partition coefficient (Wildman–Crippen LogP) is 5.40. The zero-order valence-electron chi connectivity index (χ0n) is 14.5. The minimum absolute atomic E-state index is 0.103. The maximum atomic E-state index is 12.8. The number of Topliss-reactive ketones (excluding diaryl/α,β-unsaturated/α-hetero) is 1. The fourth-order valence-corrected chi connectivity index (χ4v) is 4.77. The molecule has 2 saturated carbocycles. The highest BCUT2D eigenvalue weighted by Crippen LogP contribution is 2.47. The molecule has 0 saturated heterocycles. The Labute approximate surface area is 144 Å². The van der Waals surface area contributed by atoms with E-state index in [1.165, 1.54) is 32.1 Å². The molecule has 24 heavy (non-hydrogen) atoms. The molecule has 0 N–H and O–H groups in total. The van der Waals surface area contributed by atoms with E-state index in [2.05, 4.69) is 19.1 Å². The summed E-state index contributed by atoms with van der Waals surface area (Å²) < 4.78 is 6.27. The molecule has 2 heteroatoms. The van der Waals surface area contributed by atoms with Crippen molar-refractivity contribution in [3.63, 3.8) is 0 Å². The summed E-state index contributed by atoms with van der Waals surface area (Å²) in [5, 5.41) is 2.14. The summed E-state index contributed by atoms with van der Waals surface area (Å²) in [5.74, 6) is 1.63. The van der Waals surface area contributed by atoms with Gasteiger partial charge in [0.05, 0.1) is 5.60 Å². The van der Waals surface area contributed by atoms with E-state index in [-0.39, 0.29) is 18.0 Å². The van der Waals surface area contributed by atoms with Gasteiger partial charge in [0.2, 0.25) is 0 Å². The van der Waals surface area contributed by atoms with Crippen molar-refractivity contribution in [2.45, 2.75) is 51.0 Å². The minimum atomic E-state index is -0.114. The molecule has 0 aliphatic heterocycles. The Kier molecular flexibility index (Phi) is 4.17. The molecule has 3 atom stereocenters. The molecule has 0 heterocycles. The molecule has 2 aliphatic carbocycles. The highest BCUT2D eigenvalue weighted by Gasteiger charge is 2.42. The summed E-state index contributed by atoms with van der Waals surface area (Å²) in [7, 11) is 0. The summed E-state index contributed by atoms with van der Waals surface area (Å²) in [6.07, 6.45) is 7.63. The number of benzene rings is 2. The molecule has 2 fully saturated rings. The lowest BCUT2D eigenvalue weighted by atomic mass is 9.65. The van der Waals surface area contributed by atoms with Gasteiger partial charge in [0, 0.05) is 5.56 Å². The molecule has 2 aliphatic rings. The second kappa shape index (κ2) is 6.33. The summed E-state index contributed by atoms with van der Waals surface area (Å²) in [4.78, 5) is 12.8. The second-order valence-corrected chi connectivity index (χ2v) is 7.82. The third kappa shape index (κ3) is 2.88. The zero-order valence-corrected chi connectivity index (χ0v) is 14.5. The van der Waals surface area contributed by atoms with E-state index in [4.69, 9.17) is 4.74 Å². The fourth-order valence-electron chi connectivity index (χ4n) is 4.77. The van der Waals surface area contributed by atoms with Crippen LogP contribution in [0.5, 0.6) is 0 Å². The second-order valence-electron chi connectivity index (χ2n) is 7.82. The van der Waals surface area contributed by atoms with Crippen LogP contribution in [0.15, 0.2) is 42.5 Å². The predicted molar refractivity (Wildman–Crippen MR) is 97.3 cm³/mol. The van der Waals surface area contributed by atoms with Crippen LogP contribution in [0, 0.1) is 11.8 Å². The van der Waals surface area contributed by atoms with Crippen LogP contribution < -0.4 is 0 Å². The van der Waals surface area contributed by atoms with Gasteiger partial charge in [-0.1, -0.05) is 55.3 Å². The van der Waals surface area contributed by atoms with Crippen LogP contribution in [0.3, 0.4) is 0 Å². The van der Waals surface area contributed by atoms with E-state index >= 15 is 0 Å². The van der Waals surface area contributed by atoms with E-state index < -0.39 is 0 Å². The van der Waals surface area contributed by atoms with E-state index in [0.29, 0.717) is 5.92 Å². The molecular weight excluding hydrogens is 296 g/mol. The van der Waals surface area contributed by atoms with Crippen molar-refractivity contribution in [3.8, 4) is 0 Å². The van der Waals surface area contributed by atoms with Crippen molar-refractivity contribution < 1.29 is 9.53 Å². The van der Waals surface area contributed by atoms with E-state index in [1.807, 2.05) is 30.3 Å². The van der Waals surface area contributed by atoms with Crippen molar-refractivity contribution in [2.75, 3.05) is 6.61 Å². The average Bonchev–Trinajstić information content (AvgIpc) is 2.63. The molecule has 2 nitrogen and oxygen atoms in total. The molecule has 0 radical (unpaired) electrons. The number of rotatable bonds is 4. The van der Waals surface area contributed by atoms with Gasteiger partial charge in [0.15, 0.2) is 5.78 Å². The Balaban J connectivity index is 1.50. The lowest BCUT2D eigenvalue weighted by Crippen LogP contribution is -2.45. The highest BCUT2D eigenvalue weighted by atomic mass is 16.5. The van der Waals surface area contributed by atoms with Crippen LogP contribution in [0.4, 0.5) is 0 Å². The Bertz CT molecular complexity index is 745. The maximum absolute atomic E-state index is 12.8. The van der Waals surface area contributed by atoms with Crippen molar-refractivity contribution in [1.82, 2.24) is 0 Å². The SMILES string of the molecule is C[C@]1(OCC(=O)c2cccc3ccccc23)CC[C@H]2CCC[C@@H]1C2. The van der Waals surface area contributed by atoms with Gasteiger partial charge in [-0.15, -0.1) is 0 Å². The molecule has 126 valence electrons. The Morgan fingerprint density at radius 2 is 1.96 bits per heavy atom. The maximum Gasteiger partial charge on any atom is 0.189 e. The van der Waals surface area contributed by atoms with Crippen LogP contribution >= 0.6 is 0 Å². The van der Waals surface area contributed by atoms with Crippen molar-refractivity contribution in [2.24, 2.45) is 11.8 Å². The first-order chi connectivity index (χ1) is 11.7. The van der Waals surface area contributed by atoms with Crippen molar-refractivity contribution in [1.29, 1.82) is 0 Å². The third-order valence-electron chi connectivity index (χ3n) is 6.32. The summed E-state index contributed by atoms with van der Waals surface area (Å²) in [5.41, 5.74) is 0.672. The quantitative estimate of drug-likeness (QED) is 0.705. The summed E-state index contributed by atoms with van der Waals surface area (Å²) in [6.45, 7) is 2.43. The van der Waals surface area contributed by atoms with Crippen LogP contribution in [-0.4, -0.2) is 18.0 Å².